The van der Waals surface area contributed by atoms with E-state index in [9.17, 15) is 0 Å². The van der Waals surface area contributed by atoms with Crippen molar-refractivity contribution in [2.45, 2.75) is 38.8 Å². The summed E-state index contributed by atoms with van der Waals surface area (Å²) < 4.78 is 5.69. The van der Waals surface area contributed by atoms with E-state index in [-0.39, 0.29) is 5.60 Å². The van der Waals surface area contributed by atoms with Gasteiger partial charge < -0.3 is 10.1 Å². The second-order valence-corrected chi connectivity index (χ2v) is 5.33. The third-order valence-electron chi connectivity index (χ3n) is 3.17. The summed E-state index contributed by atoms with van der Waals surface area (Å²) in [5.74, 6) is 0. The van der Waals surface area contributed by atoms with E-state index in [4.69, 9.17) is 16.3 Å². The summed E-state index contributed by atoms with van der Waals surface area (Å²) in [6.45, 7) is 7.11. The fraction of sp³-hybridized carbons (Fsp3) is 0.538. The molecule has 0 bridgehead atoms. The van der Waals surface area contributed by atoms with Crippen molar-refractivity contribution < 1.29 is 4.74 Å². The van der Waals surface area contributed by atoms with Crippen molar-refractivity contribution in [2.24, 2.45) is 0 Å². The molecule has 1 aromatic carbocycles. The number of halogens is 1. The van der Waals surface area contributed by atoms with Crippen molar-refractivity contribution in [3.05, 3.63) is 28.8 Å². The van der Waals surface area contributed by atoms with Crippen LogP contribution >= 0.6 is 11.6 Å². The molecule has 0 radical (unpaired) electrons. The first-order valence-corrected chi connectivity index (χ1v) is 6.03. The Morgan fingerprint density at radius 1 is 1.44 bits per heavy atom. The molecule has 2 nitrogen and oxygen atoms in total. The first-order valence-electron chi connectivity index (χ1n) is 5.66. The smallest absolute Gasteiger partial charge is 0.0827 e. The molecule has 1 aliphatic heterocycles. The molecular weight excluding hydrogens is 222 g/mol. The van der Waals surface area contributed by atoms with Gasteiger partial charge in [-0.2, -0.15) is 0 Å². The van der Waals surface area contributed by atoms with Crippen LogP contribution < -0.4 is 5.32 Å². The quantitative estimate of drug-likeness (QED) is 0.851. The van der Waals surface area contributed by atoms with Crippen LogP contribution in [0.3, 0.4) is 0 Å². The van der Waals surface area contributed by atoms with Gasteiger partial charge >= 0.3 is 0 Å². The molecule has 1 aromatic rings. The van der Waals surface area contributed by atoms with Crippen LogP contribution in [0.25, 0.3) is 0 Å². The second kappa shape index (κ2) is 4.27. The number of hydrogen-bond acceptors (Lipinski definition) is 2. The van der Waals surface area contributed by atoms with E-state index in [1.807, 2.05) is 12.1 Å². The molecule has 3 heteroatoms. The average molecular weight is 240 g/mol. The van der Waals surface area contributed by atoms with E-state index >= 15 is 0 Å². The number of ether oxygens (including phenoxy) is 1. The van der Waals surface area contributed by atoms with Crippen molar-refractivity contribution in [2.75, 3.05) is 11.9 Å². The lowest BCUT2D eigenvalue weighted by atomic mass is 9.98. The summed E-state index contributed by atoms with van der Waals surface area (Å²) in [6, 6.07) is 6.36. The summed E-state index contributed by atoms with van der Waals surface area (Å²) in [5, 5.41) is 4.25. The third-order valence-corrected chi connectivity index (χ3v) is 3.50. The molecule has 0 aliphatic carbocycles. The highest BCUT2D eigenvalue weighted by atomic mass is 35.5. The number of rotatable bonds is 2. The van der Waals surface area contributed by atoms with Gasteiger partial charge in [0.25, 0.3) is 0 Å². The lowest BCUT2D eigenvalue weighted by Crippen LogP contribution is -2.38. The van der Waals surface area contributed by atoms with E-state index in [0.29, 0.717) is 6.04 Å². The Morgan fingerprint density at radius 2 is 2.19 bits per heavy atom. The molecule has 0 aromatic heterocycles. The largest absolute Gasteiger partial charge is 0.378 e. The molecule has 2 rings (SSSR count). The Hall–Kier alpha value is -0.730. The van der Waals surface area contributed by atoms with Crippen molar-refractivity contribution >= 4 is 17.3 Å². The Bertz CT molecular complexity index is 390. The standard InChI is InChI=1S/C13H18ClNO/c1-9-4-5-10(14)11(8-9)15-12-6-7-16-13(12,2)3/h4-5,8,12,15H,6-7H2,1-3H3. The summed E-state index contributed by atoms with van der Waals surface area (Å²) in [6.07, 6.45) is 1.03. The Morgan fingerprint density at radius 3 is 2.81 bits per heavy atom. The Balaban J connectivity index is 2.17. The fourth-order valence-corrected chi connectivity index (χ4v) is 2.24. The molecule has 1 aliphatic rings. The van der Waals surface area contributed by atoms with E-state index in [1.165, 1.54) is 5.56 Å². The number of hydrogen-bond donors (Lipinski definition) is 1. The number of aryl methyl sites for hydroxylation is 1. The minimum Gasteiger partial charge on any atom is -0.378 e. The fourth-order valence-electron chi connectivity index (χ4n) is 2.07. The van der Waals surface area contributed by atoms with Crippen LogP contribution in [0.5, 0.6) is 0 Å². The molecule has 1 N–H and O–H groups in total. The van der Waals surface area contributed by atoms with Gasteiger partial charge in [0, 0.05) is 6.61 Å². The molecule has 0 amide bonds. The molecule has 1 heterocycles. The normalized spacial score (nSPS) is 23.4. The predicted octanol–water partition coefficient (Wildman–Crippen LogP) is 3.63. The summed E-state index contributed by atoms with van der Waals surface area (Å²) in [5.41, 5.74) is 2.10. The van der Waals surface area contributed by atoms with Gasteiger partial charge in [0.2, 0.25) is 0 Å². The predicted molar refractivity (Wildman–Crippen MR) is 68.2 cm³/mol. The van der Waals surface area contributed by atoms with E-state index in [2.05, 4.69) is 32.2 Å². The molecule has 1 saturated heterocycles. The first-order chi connectivity index (χ1) is 7.49. The monoisotopic (exact) mass is 239 g/mol. The van der Waals surface area contributed by atoms with E-state index < -0.39 is 0 Å². The third kappa shape index (κ3) is 2.33. The van der Waals surface area contributed by atoms with Gasteiger partial charge in [-0.05, 0) is 44.9 Å². The first kappa shape index (κ1) is 11.7. The molecule has 1 fully saturated rings. The van der Waals surface area contributed by atoms with Crippen molar-refractivity contribution in [3.63, 3.8) is 0 Å². The lowest BCUT2D eigenvalue weighted by molar-refractivity contribution is 0.0315. The van der Waals surface area contributed by atoms with Crippen LogP contribution in [0.2, 0.25) is 5.02 Å². The summed E-state index contributed by atoms with van der Waals surface area (Å²) in [7, 11) is 0. The minimum atomic E-state index is -0.118. The van der Waals surface area contributed by atoms with E-state index in [0.717, 1.165) is 23.7 Å². The topological polar surface area (TPSA) is 21.3 Å². The molecule has 1 atom stereocenters. The Kier molecular flexibility index (Phi) is 3.13. The molecular formula is C13H18ClNO. The average Bonchev–Trinajstić information content (AvgIpc) is 2.52. The maximum absolute atomic E-state index is 6.16. The van der Waals surface area contributed by atoms with Crippen molar-refractivity contribution in [1.29, 1.82) is 0 Å². The highest BCUT2D eigenvalue weighted by Gasteiger charge is 2.35. The van der Waals surface area contributed by atoms with Gasteiger partial charge in [-0.1, -0.05) is 17.7 Å². The number of anilines is 1. The number of benzene rings is 1. The summed E-state index contributed by atoms with van der Waals surface area (Å²) in [4.78, 5) is 0. The van der Waals surface area contributed by atoms with Crippen LogP contribution in [0.4, 0.5) is 5.69 Å². The van der Waals surface area contributed by atoms with Gasteiger partial charge in [0.15, 0.2) is 0 Å². The van der Waals surface area contributed by atoms with Crippen molar-refractivity contribution in [3.8, 4) is 0 Å². The van der Waals surface area contributed by atoms with Crippen LogP contribution in [0.15, 0.2) is 18.2 Å². The summed E-state index contributed by atoms with van der Waals surface area (Å²) >= 11 is 6.16. The molecule has 0 saturated carbocycles. The molecule has 16 heavy (non-hydrogen) atoms. The zero-order valence-corrected chi connectivity index (χ0v) is 10.8. The second-order valence-electron chi connectivity index (χ2n) is 4.92. The SMILES string of the molecule is Cc1ccc(Cl)c(NC2CCOC2(C)C)c1. The van der Waals surface area contributed by atoms with Crippen LogP contribution in [-0.4, -0.2) is 18.2 Å². The van der Waals surface area contributed by atoms with Gasteiger partial charge in [0.05, 0.1) is 22.4 Å². The lowest BCUT2D eigenvalue weighted by Gasteiger charge is -2.28. The van der Waals surface area contributed by atoms with Crippen LogP contribution in [0.1, 0.15) is 25.8 Å². The van der Waals surface area contributed by atoms with Gasteiger partial charge in [-0.15, -0.1) is 0 Å². The zero-order valence-electron chi connectivity index (χ0n) is 10.0. The van der Waals surface area contributed by atoms with Gasteiger partial charge in [-0.3, -0.25) is 0 Å². The van der Waals surface area contributed by atoms with Gasteiger partial charge in [-0.25, -0.2) is 0 Å². The van der Waals surface area contributed by atoms with Crippen molar-refractivity contribution in [1.82, 2.24) is 0 Å². The molecule has 0 spiro atoms. The maximum Gasteiger partial charge on any atom is 0.0827 e. The molecule has 1 unspecified atom stereocenters. The van der Waals surface area contributed by atoms with Gasteiger partial charge in [0.1, 0.15) is 0 Å². The number of nitrogens with one attached hydrogen (secondary N) is 1. The van der Waals surface area contributed by atoms with Crippen LogP contribution in [-0.2, 0) is 4.74 Å². The Labute approximate surface area is 102 Å². The minimum absolute atomic E-state index is 0.118. The highest BCUT2D eigenvalue weighted by molar-refractivity contribution is 6.33. The highest BCUT2D eigenvalue weighted by Crippen LogP contribution is 2.31. The molecule has 88 valence electrons. The van der Waals surface area contributed by atoms with E-state index in [1.54, 1.807) is 0 Å². The maximum atomic E-state index is 6.16. The van der Waals surface area contributed by atoms with Crippen LogP contribution in [0, 0.1) is 6.92 Å². The zero-order chi connectivity index (χ0) is 11.8.